The summed E-state index contributed by atoms with van der Waals surface area (Å²) in [6.07, 6.45) is 5.10. The predicted molar refractivity (Wildman–Crippen MR) is 72.6 cm³/mol. The van der Waals surface area contributed by atoms with E-state index in [1.807, 2.05) is 40.0 Å². The van der Waals surface area contributed by atoms with Gasteiger partial charge in [-0.1, -0.05) is 34.3 Å². The Hall–Kier alpha value is -1.31. The molecule has 0 fully saturated rings. The molecule has 1 aromatic rings. The Bertz CT molecular complexity index is 305. The van der Waals surface area contributed by atoms with Crippen LogP contribution in [-0.4, -0.2) is 4.98 Å². The topological polar surface area (TPSA) is 24.9 Å². The highest BCUT2D eigenvalue weighted by Crippen LogP contribution is 2.22. The third kappa shape index (κ3) is 4.47. The number of rotatable bonds is 0. The van der Waals surface area contributed by atoms with Gasteiger partial charge in [-0.3, -0.25) is 4.98 Å². The first-order valence-electron chi connectivity index (χ1n) is 6.25. The number of allylic oxidation sites excluding steroid dienone is 1. The Morgan fingerprint density at radius 3 is 2.56 bits per heavy atom. The molecule has 0 aliphatic carbocycles. The van der Waals surface area contributed by atoms with E-state index in [-0.39, 0.29) is 0 Å². The number of nitrogens with one attached hydrogen (secondary N) is 1. The minimum atomic E-state index is 1.05. The van der Waals surface area contributed by atoms with Crippen LogP contribution in [-0.2, 0) is 6.42 Å². The highest BCUT2D eigenvalue weighted by Gasteiger charge is 2.08. The van der Waals surface area contributed by atoms with Crippen LogP contribution in [0, 0.1) is 0 Å². The summed E-state index contributed by atoms with van der Waals surface area (Å²) < 4.78 is 0. The first kappa shape index (κ1) is 14.7. The molecule has 0 spiro atoms. The summed E-state index contributed by atoms with van der Waals surface area (Å²) in [7, 11) is 0. The summed E-state index contributed by atoms with van der Waals surface area (Å²) in [5.41, 5.74) is 3.39. The summed E-state index contributed by atoms with van der Waals surface area (Å²) in [4.78, 5) is 4.31. The zero-order valence-electron chi connectivity index (χ0n) is 11.0. The molecule has 1 aliphatic rings. The number of pyridine rings is 1. The Kier molecular flexibility index (Phi) is 8.22. The van der Waals surface area contributed by atoms with E-state index in [1.165, 1.54) is 0 Å². The van der Waals surface area contributed by atoms with Crippen LogP contribution in [0.15, 0.2) is 30.6 Å². The number of aromatic nitrogens is 1. The molecular weight excluding hydrogens is 196 g/mol. The molecular formula is C14H24N2. The summed E-state index contributed by atoms with van der Waals surface area (Å²) in [6.45, 7) is 11.9. The molecule has 2 nitrogen and oxygen atoms in total. The minimum Gasteiger partial charge on any atom is -0.358 e. The molecule has 0 radical (unpaired) electrons. The van der Waals surface area contributed by atoms with Crippen molar-refractivity contribution in [3.8, 4) is 0 Å². The SMILES string of the molecule is C=C1CCCc2ncccc2N1.CC.CC. The maximum absolute atomic E-state index is 4.31. The monoisotopic (exact) mass is 220 g/mol. The Labute approximate surface area is 99.8 Å². The molecule has 1 aromatic heterocycles. The van der Waals surface area contributed by atoms with Crippen molar-refractivity contribution in [1.29, 1.82) is 0 Å². The molecule has 0 atom stereocenters. The highest BCUT2D eigenvalue weighted by molar-refractivity contribution is 5.52. The standard InChI is InChI=1S/C10H12N2.2C2H6/c1-8-4-2-5-9-10(12-8)6-3-7-11-9;2*1-2/h3,6-7,12H,1-2,4-5H2;2*1-2H3. The zero-order valence-corrected chi connectivity index (χ0v) is 11.0. The van der Waals surface area contributed by atoms with Crippen molar-refractivity contribution in [2.24, 2.45) is 0 Å². The second kappa shape index (κ2) is 8.96. The van der Waals surface area contributed by atoms with Gasteiger partial charge in [-0.25, -0.2) is 0 Å². The van der Waals surface area contributed by atoms with Gasteiger partial charge >= 0.3 is 0 Å². The number of hydrogen-bond donors (Lipinski definition) is 1. The fourth-order valence-electron chi connectivity index (χ4n) is 1.47. The van der Waals surface area contributed by atoms with E-state index in [9.17, 15) is 0 Å². The highest BCUT2D eigenvalue weighted by atomic mass is 14.9. The molecule has 0 aromatic carbocycles. The Balaban J connectivity index is 0.000000509. The molecule has 2 heteroatoms. The first-order chi connectivity index (χ1) is 7.86. The molecule has 2 rings (SSSR count). The first-order valence-corrected chi connectivity index (χ1v) is 6.25. The van der Waals surface area contributed by atoms with Gasteiger partial charge in [-0.05, 0) is 31.4 Å². The number of nitrogens with zero attached hydrogens (tertiary/aromatic N) is 1. The van der Waals surface area contributed by atoms with E-state index in [0.717, 1.165) is 36.3 Å². The van der Waals surface area contributed by atoms with Crippen molar-refractivity contribution < 1.29 is 0 Å². The van der Waals surface area contributed by atoms with Gasteiger partial charge in [0.25, 0.3) is 0 Å². The Morgan fingerprint density at radius 2 is 1.88 bits per heavy atom. The van der Waals surface area contributed by atoms with Crippen LogP contribution in [0.3, 0.4) is 0 Å². The lowest BCUT2D eigenvalue weighted by atomic mass is 10.2. The molecule has 1 N–H and O–H groups in total. The molecule has 0 bridgehead atoms. The molecule has 0 saturated heterocycles. The van der Waals surface area contributed by atoms with Crippen LogP contribution in [0.4, 0.5) is 5.69 Å². The zero-order chi connectivity index (χ0) is 12.4. The van der Waals surface area contributed by atoms with Crippen LogP contribution in [0.2, 0.25) is 0 Å². The van der Waals surface area contributed by atoms with Crippen molar-refractivity contribution >= 4 is 5.69 Å². The van der Waals surface area contributed by atoms with Gasteiger partial charge in [0.1, 0.15) is 0 Å². The van der Waals surface area contributed by atoms with Gasteiger partial charge in [0.05, 0.1) is 11.4 Å². The second-order valence-corrected chi connectivity index (χ2v) is 3.08. The lowest BCUT2D eigenvalue weighted by molar-refractivity contribution is 0.817. The van der Waals surface area contributed by atoms with Crippen molar-refractivity contribution in [3.05, 3.63) is 36.3 Å². The maximum atomic E-state index is 4.31. The fraction of sp³-hybridized carbons (Fsp3) is 0.500. The summed E-state index contributed by atoms with van der Waals surface area (Å²) in [5.74, 6) is 0. The summed E-state index contributed by atoms with van der Waals surface area (Å²) >= 11 is 0. The summed E-state index contributed by atoms with van der Waals surface area (Å²) in [6, 6.07) is 4.00. The van der Waals surface area contributed by atoms with Gasteiger partial charge in [0.15, 0.2) is 0 Å². The van der Waals surface area contributed by atoms with Gasteiger partial charge in [-0.2, -0.15) is 0 Å². The van der Waals surface area contributed by atoms with Crippen LogP contribution < -0.4 is 5.32 Å². The molecule has 2 heterocycles. The normalized spacial score (nSPS) is 12.9. The third-order valence-corrected chi connectivity index (χ3v) is 2.09. The average molecular weight is 220 g/mol. The smallest absolute Gasteiger partial charge is 0.0638 e. The van der Waals surface area contributed by atoms with Gasteiger partial charge < -0.3 is 5.32 Å². The van der Waals surface area contributed by atoms with E-state index in [2.05, 4.69) is 22.9 Å². The average Bonchev–Trinajstić information content (AvgIpc) is 2.55. The molecule has 1 aliphatic heterocycles. The maximum Gasteiger partial charge on any atom is 0.0638 e. The van der Waals surface area contributed by atoms with Crippen molar-refractivity contribution in [2.75, 3.05) is 5.32 Å². The number of hydrogen-bond acceptors (Lipinski definition) is 2. The second-order valence-electron chi connectivity index (χ2n) is 3.08. The van der Waals surface area contributed by atoms with Crippen LogP contribution in [0.1, 0.15) is 46.2 Å². The number of aryl methyl sites for hydroxylation is 1. The summed E-state index contributed by atoms with van der Waals surface area (Å²) in [5, 5.41) is 3.27. The molecule has 16 heavy (non-hydrogen) atoms. The lowest BCUT2D eigenvalue weighted by Gasteiger charge is -2.06. The van der Waals surface area contributed by atoms with E-state index in [0.29, 0.717) is 0 Å². The van der Waals surface area contributed by atoms with Crippen LogP contribution in [0.25, 0.3) is 0 Å². The predicted octanol–water partition coefficient (Wildman–Crippen LogP) is 4.40. The molecule has 0 saturated carbocycles. The largest absolute Gasteiger partial charge is 0.358 e. The van der Waals surface area contributed by atoms with Gasteiger partial charge in [-0.15, -0.1) is 0 Å². The molecule has 90 valence electrons. The lowest BCUT2D eigenvalue weighted by Crippen LogP contribution is -1.97. The van der Waals surface area contributed by atoms with E-state index >= 15 is 0 Å². The molecule has 0 amide bonds. The van der Waals surface area contributed by atoms with Crippen LogP contribution >= 0.6 is 0 Å². The minimum absolute atomic E-state index is 1.05. The fourth-order valence-corrected chi connectivity index (χ4v) is 1.47. The van der Waals surface area contributed by atoms with Crippen molar-refractivity contribution in [1.82, 2.24) is 4.98 Å². The van der Waals surface area contributed by atoms with Crippen molar-refractivity contribution in [2.45, 2.75) is 47.0 Å². The van der Waals surface area contributed by atoms with Crippen molar-refractivity contribution in [3.63, 3.8) is 0 Å². The van der Waals surface area contributed by atoms with E-state index < -0.39 is 0 Å². The molecule has 0 unspecified atom stereocenters. The van der Waals surface area contributed by atoms with Gasteiger partial charge in [0, 0.05) is 11.9 Å². The third-order valence-electron chi connectivity index (χ3n) is 2.09. The Morgan fingerprint density at radius 1 is 1.19 bits per heavy atom. The van der Waals surface area contributed by atoms with Gasteiger partial charge in [0.2, 0.25) is 0 Å². The van der Waals surface area contributed by atoms with Crippen LogP contribution in [0.5, 0.6) is 0 Å². The van der Waals surface area contributed by atoms with E-state index in [4.69, 9.17) is 0 Å². The number of anilines is 1. The number of fused-ring (bicyclic) bond motifs is 1. The quantitative estimate of drug-likeness (QED) is 0.701. The van der Waals surface area contributed by atoms with E-state index in [1.54, 1.807) is 0 Å².